The number of anilines is 1. The molecule has 3 atom stereocenters. The van der Waals surface area contributed by atoms with Crippen LogP contribution in [0.5, 0.6) is 0 Å². The van der Waals surface area contributed by atoms with Gasteiger partial charge in [0.2, 0.25) is 5.91 Å². The van der Waals surface area contributed by atoms with Gasteiger partial charge in [-0.15, -0.1) is 5.10 Å². The molecule has 3 rings (SSSR count). The van der Waals surface area contributed by atoms with Crippen molar-refractivity contribution in [3.63, 3.8) is 0 Å². The Morgan fingerprint density at radius 1 is 1.41 bits per heavy atom. The van der Waals surface area contributed by atoms with Crippen LogP contribution < -0.4 is 10.2 Å². The summed E-state index contributed by atoms with van der Waals surface area (Å²) in [6.45, 7) is 7.60. The van der Waals surface area contributed by atoms with Crippen molar-refractivity contribution >= 4 is 11.7 Å². The molecule has 3 heterocycles. The fourth-order valence-electron chi connectivity index (χ4n) is 3.25. The van der Waals surface area contributed by atoms with Gasteiger partial charge in [0.1, 0.15) is 6.10 Å². The van der Waals surface area contributed by atoms with E-state index in [1.165, 1.54) is 0 Å². The summed E-state index contributed by atoms with van der Waals surface area (Å²) in [4.78, 5) is 14.3. The zero-order chi connectivity index (χ0) is 15.7. The van der Waals surface area contributed by atoms with Gasteiger partial charge in [-0.2, -0.15) is 5.10 Å². The molecular formula is C16H24N4O2. The standard InChI is InChI=1S/C16H24N4O2/c1-10(2)17-16(21)13-8-12-6-7-20(9-14(12)22-13)15-5-4-11(3)18-19-15/h4-5,10,12-14H,6-9H2,1-3H3,(H,17,21)/t12-,13-,14+/m1/s1. The maximum absolute atomic E-state index is 12.1. The van der Waals surface area contributed by atoms with E-state index in [0.29, 0.717) is 5.92 Å². The predicted molar refractivity (Wildman–Crippen MR) is 83.6 cm³/mol. The maximum Gasteiger partial charge on any atom is 0.249 e. The van der Waals surface area contributed by atoms with Crippen LogP contribution in [-0.4, -0.2) is 47.4 Å². The first kappa shape index (κ1) is 15.2. The van der Waals surface area contributed by atoms with Crippen LogP contribution in [0.25, 0.3) is 0 Å². The summed E-state index contributed by atoms with van der Waals surface area (Å²) >= 11 is 0. The summed E-state index contributed by atoms with van der Waals surface area (Å²) in [6, 6.07) is 4.13. The average molecular weight is 304 g/mol. The number of rotatable bonds is 3. The summed E-state index contributed by atoms with van der Waals surface area (Å²) < 4.78 is 6.00. The van der Waals surface area contributed by atoms with Gasteiger partial charge < -0.3 is 15.0 Å². The van der Waals surface area contributed by atoms with E-state index in [-0.39, 0.29) is 24.2 Å². The fourth-order valence-corrected chi connectivity index (χ4v) is 3.25. The molecule has 22 heavy (non-hydrogen) atoms. The Labute approximate surface area is 131 Å². The van der Waals surface area contributed by atoms with E-state index in [1.54, 1.807) is 0 Å². The average Bonchev–Trinajstić information content (AvgIpc) is 2.90. The van der Waals surface area contributed by atoms with Crippen molar-refractivity contribution in [2.24, 2.45) is 5.92 Å². The number of carbonyl (C=O) groups is 1. The number of aromatic nitrogens is 2. The quantitative estimate of drug-likeness (QED) is 0.911. The van der Waals surface area contributed by atoms with E-state index in [0.717, 1.165) is 37.4 Å². The summed E-state index contributed by atoms with van der Waals surface area (Å²) in [5, 5.41) is 11.3. The zero-order valence-electron chi connectivity index (χ0n) is 13.5. The van der Waals surface area contributed by atoms with Crippen molar-refractivity contribution < 1.29 is 9.53 Å². The lowest BCUT2D eigenvalue weighted by atomic mass is 9.91. The third kappa shape index (κ3) is 3.21. The van der Waals surface area contributed by atoms with Gasteiger partial charge in [0, 0.05) is 19.1 Å². The summed E-state index contributed by atoms with van der Waals surface area (Å²) in [5.74, 6) is 1.38. The summed E-state index contributed by atoms with van der Waals surface area (Å²) in [5.41, 5.74) is 0.918. The third-order valence-corrected chi connectivity index (χ3v) is 4.38. The Bertz CT molecular complexity index is 531. The van der Waals surface area contributed by atoms with Crippen molar-refractivity contribution in [2.45, 2.75) is 51.9 Å². The van der Waals surface area contributed by atoms with E-state index < -0.39 is 0 Å². The lowest BCUT2D eigenvalue weighted by Crippen LogP contribution is -2.43. The maximum atomic E-state index is 12.1. The minimum absolute atomic E-state index is 0.0195. The van der Waals surface area contributed by atoms with Crippen LogP contribution in [0.15, 0.2) is 12.1 Å². The van der Waals surface area contributed by atoms with Gasteiger partial charge in [0.15, 0.2) is 5.82 Å². The summed E-state index contributed by atoms with van der Waals surface area (Å²) in [7, 11) is 0. The lowest BCUT2D eigenvalue weighted by molar-refractivity contribution is -0.132. The van der Waals surface area contributed by atoms with E-state index in [1.807, 2.05) is 32.9 Å². The number of fused-ring (bicyclic) bond motifs is 1. The lowest BCUT2D eigenvalue weighted by Gasteiger charge is -2.34. The second kappa shape index (κ2) is 6.20. The largest absolute Gasteiger partial charge is 0.363 e. The van der Waals surface area contributed by atoms with E-state index in [9.17, 15) is 4.79 Å². The molecule has 2 fully saturated rings. The third-order valence-electron chi connectivity index (χ3n) is 4.38. The smallest absolute Gasteiger partial charge is 0.249 e. The van der Waals surface area contributed by atoms with Gasteiger partial charge in [0.05, 0.1) is 11.8 Å². The van der Waals surface area contributed by atoms with Crippen LogP contribution >= 0.6 is 0 Å². The molecule has 2 saturated heterocycles. The van der Waals surface area contributed by atoms with Crippen molar-refractivity contribution in [3.8, 4) is 0 Å². The molecule has 0 aliphatic carbocycles. The molecule has 1 amide bonds. The fraction of sp³-hybridized carbons (Fsp3) is 0.688. The van der Waals surface area contributed by atoms with E-state index >= 15 is 0 Å². The van der Waals surface area contributed by atoms with Crippen LogP contribution in [-0.2, 0) is 9.53 Å². The molecule has 0 spiro atoms. The van der Waals surface area contributed by atoms with Crippen LogP contribution in [0.3, 0.4) is 0 Å². The Morgan fingerprint density at radius 2 is 2.23 bits per heavy atom. The number of aryl methyl sites for hydroxylation is 1. The van der Waals surface area contributed by atoms with E-state index in [2.05, 4.69) is 20.4 Å². The number of piperidine rings is 1. The predicted octanol–water partition coefficient (Wildman–Crippen LogP) is 1.29. The molecule has 0 saturated carbocycles. The molecule has 1 N–H and O–H groups in total. The van der Waals surface area contributed by atoms with Gasteiger partial charge in [-0.05, 0) is 51.7 Å². The van der Waals surface area contributed by atoms with Gasteiger partial charge in [-0.3, -0.25) is 4.79 Å². The molecule has 0 radical (unpaired) electrons. The van der Waals surface area contributed by atoms with Gasteiger partial charge in [-0.25, -0.2) is 0 Å². The molecule has 1 aromatic heterocycles. The Hall–Kier alpha value is -1.69. The first-order valence-electron chi connectivity index (χ1n) is 8.04. The monoisotopic (exact) mass is 304 g/mol. The van der Waals surface area contributed by atoms with E-state index in [4.69, 9.17) is 4.74 Å². The number of nitrogens with one attached hydrogen (secondary N) is 1. The van der Waals surface area contributed by atoms with Crippen LogP contribution in [0, 0.1) is 12.8 Å². The number of hydrogen-bond donors (Lipinski definition) is 1. The topological polar surface area (TPSA) is 67.4 Å². The SMILES string of the molecule is Cc1ccc(N2CC[C@@H]3C[C@H](C(=O)NC(C)C)O[C@H]3C2)nn1. The number of carbonyl (C=O) groups excluding carboxylic acids is 1. The second-order valence-corrected chi connectivity index (χ2v) is 6.59. The Balaban J connectivity index is 1.62. The highest BCUT2D eigenvalue weighted by atomic mass is 16.5. The number of ether oxygens (including phenoxy) is 1. The highest BCUT2D eigenvalue weighted by Crippen LogP contribution is 2.34. The molecule has 1 aromatic rings. The summed E-state index contributed by atoms with van der Waals surface area (Å²) in [6.07, 6.45) is 1.67. The van der Waals surface area contributed by atoms with Crippen LogP contribution in [0.1, 0.15) is 32.4 Å². The number of nitrogens with zero attached hydrogens (tertiary/aromatic N) is 3. The minimum atomic E-state index is -0.304. The minimum Gasteiger partial charge on any atom is -0.363 e. The van der Waals surface area contributed by atoms with Crippen molar-refractivity contribution in [1.29, 1.82) is 0 Å². The molecule has 0 bridgehead atoms. The van der Waals surface area contributed by atoms with Crippen molar-refractivity contribution in [2.75, 3.05) is 18.0 Å². The molecule has 2 aliphatic heterocycles. The van der Waals surface area contributed by atoms with Crippen molar-refractivity contribution in [1.82, 2.24) is 15.5 Å². The molecule has 120 valence electrons. The van der Waals surface area contributed by atoms with Crippen LogP contribution in [0.4, 0.5) is 5.82 Å². The second-order valence-electron chi connectivity index (χ2n) is 6.59. The number of amides is 1. The highest BCUT2D eigenvalue weighted by molar-refractivity contribution is 5.81. The van der Waals surface area contributed by atoms with Gasteiger partial charge in [-0.1, -0.05) is 0 Å². The Kier molecular flexibility index (Phi) is 4.29. The molecule has 6 heteroatoms. The van der Waals surface area contributed by atoms with Gasteiger partial charge >= 0.3 is 0 Å². The highest BCUT2D eigenvalue weighted by Gasteiger charge is 2.42. The molecule has 6 nitrogen and oxygen atoms in total. The molecule has 0 unspecified atom stereocenters. The first-order valence-corrected chi connectivity index (χ1v) is 8.04. The normalized spacial score (nSPS) is 27.8. The van der Waals surface area contributed by atoms with Gasteiger partial charge in [0.25, 0.3) is 0 Å². The Morgan fingerprint density at radius 3 is 2.91 bits per heavy atom. The molecular weight excluding hydrogens is 280 g/mol. The molecule has 2 aliphatic rings. The van der Waals surface area contributed by atoms with Crippen molar-refractivity contribution in [3.05, 3.63) is 17.8 Å². The first-order chi connectivity index (χ1) is 10.5. The number of hydrogen-bond acceptors (Lipinski definition) is 5. The zero-order valence-corrected chi connectivity index (χ0v) is 13.5. The molecule has 0 aromatic carbocycles. The van der Waals surface area contributed by atoms with Crippen LogP contribution in [0.2, 0.25) is 0 Å².